The molecule has 0 aromatic rings. The third-order valence-electron chi connectivity index (χ3n) is 2.40. The largest absolute Gasteiger partial charge is 0.120 e. The first kappa shape index (κ1) is 11.0. The Morgan fingerprint density at radius 1 is 1.33 bits per heavy atom. The zero-order chi connectivity index (χ0) is 9.72. The standard InChI is InChI=1S/C9H14.C3H4/c1-6-5-7(2)9(4)8(6)3;1-3-2/h5,8H,1-4H3;1H,2H3. The molecular formula is C12H18. The molecule has 0 aromatic carbocycles. The first-order valence-electron chi connectivity index (χ1n) is 4.27. The fraction of sp³-hybridized carbons (Fsp3) is 0.500. The van der Waals surface area contributed by atoms with Gasteiger partial charge in [-0.3, -0.25) is 0 Å². The van der Waals surface area contributed by atoms with Crippen LogP contribution in [0.4, 0.5) is 0 Å². The van der Waals surface area contributed by atoms with Crippen molar-refractivity contribution in [2.75, 3.05) is 0 Å². The molecule has 1 aliphatic rings. The lowest BCUT2D eigenvalue weighted by Crippen LogP contribution is -1.91. The van der Waals surface area contributed by atoms with E-state index < -0.39 is 0 Å². The summed E-state index contributed by atoms with van der Waals surface area (Å²) in [6.07, 6.45) is 6.88. The Bertz CT molecular complexity index is 246. The van der Waals surface area contributed by atoms with Crippen LogP contribution >= 0.6 is 0 Å². The first-order valence-corrected chi connectivity index (χ1v) is 4.27. The van der Waals surface area contributed by atoms with Gasteiger partial charge >= 0.3 is 0 Å². The topological polar surface area (TPSA) is 0 Å². The average Bonchev–Trinajstić information content (AvgIpc) is 2.20. The van der Waals surface area contributed by atoms with Crippen LogP contribution in [-0.4, -0.2) is 0 Å². The second-order valence-electron chi connectivity index (χ2n) is 3.26. The van der Waals surface area contributed by atoms with Crippen molar-refractivity contribution >= 4 is 0 Å². The van der Waals surface area contributed by atoms with E-state index in [1.807, 2.05) is 0 Å². The molecule has 0 nitrogen and oxygen atoms in total. The van der Waals surface area contributed by atoms with Gasteiger partial charge in [0, 0.05) is 0 Å². The highest BCUT2D eigenvalue weighted by Crippen LogP contribution is 2.29. The smallest absolute Gasteiger partial charge is 0.00180 e. The van der Waals surface area contributed by atoms with E-state index in [0.29, 0.717) is 5.92 Å². The van der Waals surface area contributed by atoms with Crippen LogP contribution in [0.3, 0.4) is 0 Å². The van der Waals surface area contributed by atoms with Crippen LogP contribution in [0.5, 0.6) is 0 Å². The van der Waals surface area contributed by atoms with Crippen molar-refractivity contribution in [1.29, 1.82) is 0 Å². The first-order chi connectivity index (χ1) is 5.54. The summed E-state index contributed by atoms with van der Waals surface area (Å²) in [5.41, 5.74) is 4.50. The Labute approximate surface area is 76.4 Å². The molecule has 0 bridgehead atoms. The predicted octanol–water partition coefficient (Wildman–Crippen LogP) is 3.56. The summed E-state index contributed by atoms with van der Waals surface area (Å²) in [5, 5.41) is 0. The van der Waals surface area contributed by atoms with Crippen LogP contribution in [-0.2, 0) is 0 Å². The molecule has 66 valence electrons. The highest BCUT2D eigenvalue weighted by molar-refractivity contribution is 5.38. The molecule has 0 aliphatic heterocycles. The Kier molecular flexibility index (Phi) is 4.44. The van der Waals surface area contributed by atoms with Gasteiger partial charge in [-0.05, 0) is 33.6 Å². The van der Waals surface area contributed by atoms with Gasteiger partial charge in [-0.25, -0.2) is 0 Å². The number of allylic oxidation sites excluding steroid dienone is 4. The molecule has 0 saturated carbocycles. The molecular weight excluding hydrogens is 144 g/mol. The molecule has 0 heteroatoms. The van der Waals surface area contributed by atoms with Crippen molar-refractivity contribution in [1.82, 2.24) is 0 Å². The maximum Gasteiger partial charge on any atom is -0.00180 e. The van der Waals surface area contributed by atoms with Crippen molar-refractivity contribution < 1.29 is 0 Å². The van der Waals surface area contributed by atoms with Crippen molar-refractivity contribution in [2.24, 2.45) is 5.92 Å². The summed E-state index contributed by atoms with van der Waals surface area (Å²) in [5.74, 6) is 2.95. The van der Waals surface area contributed by atoms with Gasteiger partial charge < -0.3 is 0 Å². The summed E-state index contributed by atoms with van der Waals surface area (Å²) >= 11 is 0. The molecule has 12 heavy (non-hydrogen) atoms. The normalized spacial score (nSPS) is 21.0. The van der Waals surface area contributed by atoms with Gasteiger partial charge in [-0.15, -0.1) is 12.3 Å². The number of terminal acetylenes is 1. The molecule has 0 fully saturated rings. The lowest BCUT2D eigenvalue weighted by atomic mass is 10.0. The van der Waals surface area contributed by atoms with Crippen LogP contribution in [0.1, 0.15) is 34.6 Å². The highest BCUT2D eigenvalue weighted by atomic mass is 14.2. The van der Waals surface area contributed by atoms with E-state index in [1.54, 1.807) is 6.92 Å². The quantitative estimate of drug-likeness (QED) is 0.478. The molecule has 0 aromatic heterocycles. The minimum absolute atomic E-state index is 0.699. The van der Waals surface area contributed by atoms with Gasteiger partial charge in [-0.2, -0.15) is 0 Å². The van der Waals surface area contributed by atoms with Crippen LogP contribution in [0.25, 0.3) is 0 Å². The van der Waals surface area contributed by atoms with Gasteiger partial charge in [0.2, 0.25) is 0 Å². The molecule has 0 N–H and O–H groups in total. The monoisotopic (exact) mass is 162 g/mol. The summed E-state index contributed by atoms with van der Waals surface area (Å²) in [4.78, 5) is 0. The minimum atomic E-state index is 0.699. The zero-order valence-corrected chi connectivity index (χ0v) is 8.73. The molecule has 1 atom stereocenters. The minimum Gasteiger partial charge on any atom is -0.120 e. The fourth-order valence-corrected chi connectivity index (χ4v) is 1.26. The maximum absolute atomic E-state index is 4.60. The number of hydrogen-bond donors (Lipinski definition) is 0. The second kappa shape index (κ2) is 4.83. The van der Waals surface area contributed by atoms with Gasteiger partial charge in [0.15, 0.2) is 0 Å². The molecule has 0 radical (unpaired) electrons. The number of rotatable bonds is 0. The number of hydrogen-bond acceptors (Lipinski definition) is 0. The van der Waals surface area contributed by atoms with Crippen LogP contribution in [0, 0.1) is 18.3 Å². The molecule has 0 amide bonds. The van der Waals surface area contributed by atoms with Crippen molar-refractivity contribution in [3.63, 3.8) is 0 Å². The van der Waals surface area contributed by atoms with E-state index in [4.69, 9.17) is 0 Å². The SMILES string of the molecule is C#CC.CC1=CC(C)=C(C)C1C. The average molecular weight is 162 g/mol. The van der Waals surface area contributed by atoms with Crippen molar-refractivity contribution in [3.8, 4) is 12.3 Å². The molecule has 1 aliphatic carbocycles. The third kappa shape index (κ3) is 2.58. The van der Waals surface area contributed by atoms with Gasteiger partial charge in [-0.1, -0.05) is 29.7 Å². The predicted molar refractivity (Wildman–Crippen MR) is 55.8 cm³/mol. The fourth-order valence-electron chi connectivity index (χ4n) is 1.26. The molecule has 0 spiro atoms. The lowest BCUT2D eigenvalue weighted by Gasteiger charge is -2.05. The van der Waals surface area contributed by atoms with Crippen molar-refractivity contribution in [3.05, 3.63) is 22.8 Å². The van der Waals surface area contributed by atoms with E-state index in [2.05, 4.69) is 46.1 Å². The summed E-state index contributed by atoms with van der Waals surface area (Å²) in [6.45, 7) is 10.5. The lowest BCUT2D eigenvalue weighted by molar-refractivity contribution is 0.817. The maximum atomic E-state index is 4.60. The van der Waals surface area contributed by atoms with Crippen LogP contribution in [0.15, 0.2) is 22.8 Å². The highest BCUT2D eigenvalue weighted by Gasteiger charge is 2.13. The van der Waals surface area contributed by atoms with Crippen LogP contribution < -0.4 is 0 Å². The van der Waals surface area contributed by atoms with E-state index in [1.165, 1.54) is 16.7 Å². The summed E-state index contributed by atoms with van der Waals surface area (Å²) < 4.78 is 0. The second-order valence-corrected chi connectivity index (χ2v) is 3.26. The van der Waals surface area contributed by atoms with Gasteiger partial charge in [0.25, 0.3) is 0 Å². The molecule has 1 rings (SSSR count). The Balaban J connectivity index is 0.000000354. The van der Waals surface area contributed by atoms with E-state index in [9.17, 15) is 0 Å². The molecule has 0 heterocycles. The van der Waals surface area contributed by atoms with Crippen molar-refractivity contribution in [2.45, 2.75) is 34.6 Å². The Morgan fingerprint density at radius 3 is 1.83 bits per heavy atom. The van der Waals surface area contributed by atoms with Crippen LogP contribution in [0.2, 0.25) is 0 Å². The van der Waals surface area contributed by atoms with E-state index in [0.717, 1.165) is 0 Å². The van der Waals surface area contributed by atoms with E-state index in [-0.39, 0.29) is 0 Å². The molecule has 0 saturated heterocycles. The summed E-state index contributed by atoms with van der Waals surface area (Å²) in [6, 6.07) is 0. The van der Waals surface area contributed by atoms with Gasteiger partial charge in [0.1, 0.15) is 0 Å². The van der Waals surface area contributed by atoms with Gasteiger partial charge in [0.05, 0.1) is 0 Å². The van der Waals surface area contributed by atoms with E-state index >= 15 is 0 Å². The Hall–Kier alpha value is -0.960. The Morgan fingerprint density at radius 2 is 1.75 bits per heavy atom. The summed E-state index contributed by atoms with van der Waals surface area (Å²) in [7, 11) is 0. The third-order valence-corrected chi connectivity index (χ3v) is 2.40. The molecule has 1 unspecified atom stereocenters. The zero-order valence-electron chi connectivity index (χ0n) is 8.73.